The van der Waals surface area contributed by atoms with E-state index in [2.05, 4.69) is 31.0 Å². The molecule has 2 heterocycles. The molecule has 0 aliphatic rings. The lowest BCUT2D eigenvalue weighted by molar-refractivity contribution is 0.0531. The molecular weight excluding hydrogens is 382 g/mol. The fraction of sp³-hybridized carbons (Fsp3) is 0.556. The molecule has 0 aliphatic carbocycles. The van der Waals surface area contributed by atoms with E-state index in [0.29, 0.717) is 23.7 Å². The minimum absolute atomic E-state index is 0.0730. The molecule has 9 heteroatoms. The molecule has 0 fully saturated rings. The number of hydrogen-bond donors (Lipinski definition) is 2. The van der Waals surface area contributed by atoms with Crippen LogP contribution in [0, 0.1) is 13.8 Å². The Hall–Kier alpha value is -2.00. The highest BCUT2D eigenvalue weighted by molar-refractivity contribution is 7.13. The number of esters is 1. The van der Waals surface area contributed by atoms with E-state index in [1.165, 1.54) is 11.3 Å². The molecule has 0 radical (unpaired) electrons. The second-order valence-corrected chi connectivity index (χ2v) is 8.01. The van der Waals surface area contributed by atoms with E-state index in [0.717, 1.165) is 34.6 Å². The Bertz CT molecular complexity index is 785. The Kier molecular flexibility index (Phi) is 8.18. The Morgan fingerprint density at radius 2 is 2.11 bits per heavy atom. The number of guanidine groups is 1. The smallest absolute Gasteiger partial charge is 0.350 e. The minimum atomic E-state index is -0.315. The summed E-state index contributed by atoms with van der Waals surface area (Å²) < 4.78 is 5.09. The van der Waals surface area contributed by atoms with Gasteiger partial charge in [0.05, 0.1) is 29.0 Å². The number of nitrogens with zero attached hydrogens (tertiary/aromatic N) is 3. The summed E-state index contributed by atoms with van der Waals surface area (Å²) >= 11 is 3.01. The first kappa shape index (κ1) is 21.3. The Labute approximate surface area is 168 Å². The van der Waals surface area contributed by atoms with Gasteiger partial charge >= 0.3 is 5.97 Å². The summed E-state index contributed by atoms with van der Waals surface area (Å²) in [6, 6.07) is -0.0730. The van der Waals surface area contributed by atoms with Crippen LogP contribution in [-0.2, 0) is 11.2 Å². The van der Waals surface area contributed by atoms with Gasteiger partial charge in [0.25, 0.3) is 0 Å². The van der Waals surface area contributed by atoms with E-state index in [-0.39, 0.29) is 12.0 Å². The Morgan fingerprint density at radius 3 is 2.74 bits per heavy atom. The van der Waals surface area contributed by atoms with Crippen molar-refractivity contribution in [3.63, 3.8) is 0 Å². The van der Waals surface area contributed by atoms with Crippen molar-refractivity contribution in [2.24, 2.45) is 4.99 Å². The van der Waals surface area contributed by atoms with Gasteiger partial charge in [-0.15, -0.1) is 22.7 Å². The molecule has 1 atom stereocenters. The number of carbonyl (C=O) groups is 1. The summed E-state index contributed by atoms with van der Waals surface area (Å²) in [6.45, 7) is 11.4. The van der Waals surface area contributed by atoms with Gasteiger partial charge in [0.2, 0.25) is 0 Å². The number of thiazole rings is 2. The lowest BCUT2D eigenvalue weighted by atomic mass is 10.3. The molecule has 1 unspecified atom stereocenters. The summed E-state index contributed by atoms with van der Waals surface area (Å²) in [5, 5.41) is 10.6. The third kappa shape index (κ3) is 6.28. The first-order valence-corrected chi connectivity index (χ1v) is 10.7. The molecule has 148 valence electrons. The molecule has 7 nitrogen and oxygen atoms in total. The van der Waals surface area contributed by atoms with Gasteiger partial charge in [-0.25, -0.2) is 14.8 Å². The first-order valence-electron chi connectivity index (χ1n) is 9.04. The average molecular weight is 410 g/mol. The summed E-state index contributed by atoms with van der Waals surface area (Å²) in [4.78, 5) is 26.2. The molecule has 27 heavy (non-hydrogen) atoms. The zero-order valence-corrected chi connectivity index (χ0v) is 18.1. The monoisotopic (exact) mass is 409 g/mol. The van der Waals surface area contributed by atoms with Crippen LogP contribution in [-0.4, -0.2) is 41.6 Å². The molecule has 0 amide bonds. The van der Waals surface area contributed by atoms with E-state index in [4.69, 9.17) is 4.74 Å². The summed E-state index contributed by atoms with van der Waals surface area (Å²) in [5.41, 5.74) is 1.77. The van der Waals surface area contributed by atoms with Crippen LogP contribution in [0.5, 0.6) is 0 Å². The highest BCUT2D eigenvalue weighted by Gasteiger charge is 2.20. The number of rotatable bonds is 8. The predicted molar refractivity (Wildman–Crippen MR) is 111 cm³/mol. The lowest BCUT2D eigenvalue weighted by Gasteiger charge is -2.15. The number of nitrogens with one attached hydrogen (secondary N) is 2. The number of hydrogen-bond acceptors (Lipinski definition) is 7. The molecule has 0 saturated heterocycles. The van der Waals surface area contributed by atoms with Crippen molar-refractivity contribution < 1.29 is 9.53 Å². The van der Waals surface area contributed by atoms with Crippen molar-refractivity contribution in [3.8, 4) is 0 Å². The average Bonchev–Trinajstić information content (AvgIpc) is 3.21. The molecule has 0 bridgehead atoms. The molecule has 2 N–H and O–H groups in total. The normalized spacial score (nSPS) is 12.7. The van der Waals surface area contributed by atoms with Gasteiger partial charge in [-0.3, -0.25) is 4.99 Å². The van der Waals surface area contributed by atoms with Crippen LogP contribution in [0.2, 0.25) is 0 Å². The molecule has 2 aromatic rings. The van der Waals surface area contributed by atoms with Crippen molar-refractivity contribution in [1.29, 1.82) is 0 Å². The summed E-state index contributed by atoms with van der Waals surface area (Å²) in [5.74, 6) is 0.410. The van der Waals surface area contributed by atoms with Crippen LogP contribution in [0.15, 0.2) is 10.4 Å². The maximum Gasteiger partial charge on any atom is 0.350 e. The first-order chi connectivity index (χ1) is 12.9. The number of aryl methyl sites for hydroxylation is 2. The molecule has 0 aromatic carbocycles. The van der Waals surface area contributed by atoms with Gasteiger partial charge in [0, 0.05) is 24.9 Å². The van der Waals surface area contributed by atoms with Gasteiger partial charge in [-0.05, 0) is 34.6 Å². The van der Waals surface area contributed by atoms with Gasteiger partial charge in [0.1, 0.15) is 9.88 Å². The SMILES string of the molecule is CCNC(=NCCc1csc(C)n1)NC(C)c1nc(C)c(C(=O)OCC)s1. The van der Waals surface area contributed by atoms with Crippen LogP contribution < -0.4 is 10.6 Å². The van der Waals surface area contributed by atoms with Gasteiger partial charge < -0.3 is 15.4 Å². The van der Waals surface area contributed by atoms with Gasteiger partial charge in [-0.2, -0.15) is 0 Å². The van der Waals surface area contributed by atoms with Crippen molar-refractivity contribution in [2.75, 3.05) is 19.7 Å². The van der Waals surface area contributed by atoms with Crippen molar-refractivity contribution >= 4 is 34.6 Å². The van der Waals surface area contributed by atoms with Crippen LogP contribution in [0.1, 0.15) is 57.9 Å². The molecule has 0 saturated carbocycles. The van der Waals surface area contributed by atoms with E-state index in [1.807, 2.05) is 27.7 Å². The van der Waals surface area contributed by atoms with Crippen molar-refractivity contribution in [1.82, 2.24) is 20.6 Å². The van der Waals surface area contributed by atoms with Crippen molar-refractivity contribution in [3.05, 3.63) is 31.7 Å². The standard InChI is InChI=1S/C18H27N5O2S2/c1-6-19-18(20-9-8-14-10-26-13(5)23-14)22-12(4)16-21-11(3)15(27-16)17(24)25-7-2/h10,12H,6-9H2,1-5H3,(H2,19,20,22). The maximum atomic E-state index is 12.0. The fourth-order valence-corrected chi connectivity index (χ4v) is 3.99. The highest BCUT2D eigenvalue weighted by Crippen LogP contribution is 2.24. The topological polar surface area (TPSA) is 88.5 Å². The van der Waals surface area contributed by atoms with Crippen LogP contribution >= 0.6 is 22.7 Å². The third-order valence-corrected chi connectivity index (χ3v) is 5.79. The maximum absolute atomic E-state index is 12.0. The Balaban J connectivity index is 2.01. The molecule has 0 aliphatic heterocycles. The van der Waals surface area contributed by atoms with E-state index in [9.17, 15) is 4.79 Å². The van der Waals surface area contributed by atoms with E-state index < -0.39 is 0 Å². The number of carbonyl (C=O) groups excluding carboxylic acids is 1. The second-order valence-electron chi connectivity index (χ2n) is 5.92. The summed E-state index contributed by atoms with van der Waals surface area (Å²) in [6.07, 6.45) is 0.804. The zero-order chi connectivity index (χ0) is 19.8. The third-order valence-electron chi connectivity index (χ3n) is 3.65. The van der Waals surface area contributed by atoms with E-state index >= 15 is 0 Å². The second kappa shape index (κ2) is 10.4. The molecule has 2 aromatic heterocycles. The van der Waals surface area contributed by atoms with Gasteiger partial charge in [0.15, 0.2) is 5.96 Å². The molecule has 2 rings (SSSR count). The van der Waals surface area contributed by atoms with Crippen LogP contribution in [0.4, 0.5) is 0 Å². The Morgan fingerprint density at radius 1 is 1.33 bits per heavy atom. The molecule has 0 spiro atoms. The van der Waals surface area contributed by atoms with E-state index in [1.54, 1.807) is 18.3 Å². The number of ether oxygens (including phenoxy) is 1. The van der Waals surface area contributed by atoms with Crippen LogP contribution in [0.25, 0.3) is 0 Å². The summed E-state index contributed by atoms with van der Waals surface area (Å²) in [7, 11) is 0. The lowest BCUT2D eigenvalue weighted by Crippen LogP contribution is -2.38. The van der Waals surface area contributed by atoms with Crippen molar-refractivity contribution in [2.45, 2.75) is 47.1 Å². The quantitative estimate of drug-likeness (QED) is 0.395. The fourth-order valence-electron chi connectivity index (χ4n) is 2.38. The highest BCUT2D eigenvalue weighted by atomic mass is 32.1. The number of aliphatic imine (C=N–C) groups is 1. The van der Waals surface area contributed by atoms with Gasteiger partial charge in [-0.1, -0.05) is 0 Å². The zero-order valence-electron chi connectivity index (χ0n) is 16.5. The predicted octanol–water partition coefficient (Wildman–Crippen LogP) is 3.25. The largest absolute Gasteiger partial charge is 0.462 e. The minimum Gasteiger partial charge on any atom is -0.462 e. The number of aromatic nitrogens is 2. The molecular formula is C18H27N5O2S2. The van der Waals surface area contributed by atoms with Crippen LogP contribution in [0.3, 0.4) is 0 Å².